The number of amides is 1. The van der Waals surface area contributed by atoms with Crippen molar-refractivity contribution in [1.29, 1.82) is 0 Å². The summed E-state index contributed by atoms with van der Waals surface area (Å²) in [7, 11) is 1.72. The van der Waals surface area contributed by atoms with Crippen LogP contribution in [0.15, 0.2) is 48.5 Å². The minimum Gasteiger partial charge on any atom is -0.495 e. The van der Waals surface area contributed by atoms with Gasteiger partial charge in [0.15, 0.2) is 0 Å². The SMILES string of the molecule is COc1ccccc1N1CCN(CCCC(=O)Nc2cccc(C(C)(C)C)c2)CC1.Cl. The van der Waals surface area contributed by atoms with Gasteiger partial charge in [0.1, 0.15) is 5.75 Å². The van der Waals surface area contributed by atoms with Gasteiger partial charge < -0.3 is 15.0 Å². The highest BCUT2D eigenvalue weighted by molar-refractivity contribution is 5.90. The number of hydrogen-bond acceptors (Lipinski definition) is 4. The van der Waals surface area contributed by atoms with Gasteiger partial charge in [0.05, 0.1) is 12.8 Å². The Morgan fingerprint density at radius 1 is 1.03 bits per heavy atom. The third-order valence-corrected chi connectivity index (χ3v) is 5.69. The van der Waals surface area contributed by atoms with Crippen LogP contribution in [0.2, 0.25) is 0 Å². The first-order valence-electron chi connectivity index (χ1n) is 10.9. The van der Waals surface area contributed by atoms with Gasteiger partial charge in [-0.05, 0) is 48.2 Å². The molecule has 3 rings (SSSR count). The van der Waals surface area contributed by atoms with Crippen molar-refractivity contribution in [1.82, 2.24) is 4.90 Å². The third kappa shape index (κ3) is 7.15. The van der Waals surface area contributed by atoms with Crippen LogP contribution in [0.1, 0.15) is 39.2 Å². The molecule has 31 heavy (non-hydrogen) atoms. The van der Waals surface area contributed by atoms with E-state index in [2.05, 4.69) is 60.2 Å². The fourth-order valence-electron chi connectivity index (χ4n) is 3.85. The molecular formula is C25H36ClN3O2. The van der Waals surface area contributed by atoms with E-state index >= 15 is 0 Å². The number of ether oxygens (including phenoxy) is 1. The Bertz CT molecular complexity index is 843. The molecule has 0 unspecified atom stereocenters. The first-order chi connectivity index (χ1) is 14.4. The van der Waals surface area contributed by atoms with Crippen LogP contribution in [0.25, 0.3) is 0 Å². The van der Waals surface area contributed by atoms with Crippen LogP contribution in [-0.4, -0.2) is 50.6 Å². The molecule has 0 bridgehead atoms. The van der Waals surface area contributed by atoms with Crippen molar-refractivity contribution in [3.8, 4) is 5.75 Å². The van der Waals surface area contributed by atoms with E-state index in [0.717, 1.165) is 56.3 Å². The molecule has 0 radical (unpaired) electrons. The molecule has 5 nitrogen and oxygen atoms in total. The van der Waals surface area contributed by atoms with E-state index in [1.807, 2.05) is 24.3 Å². The van der Waals surface area contributed by atoms with E-state index in [1.54, 1.807) is 7.11 Å². The van der Waals surface area contributed by atoms with Gasteiger partial charge in [-0.1, -0.05) is 45.0 Å². The lowest BCUT2D eigenvalue weighted by Gasteiger charge is -2.36. The molecule has 2 aromatic rings. The van der Waals surface area contributed by atoms with Crippen LogP contribution >= 0.6 is 12.4 Å². The second kappa shape index (κ2) is 11.4. The normalized spacial score (nSPS) is 14.6. The summed E-state index contributed by atoms with van der Waals surface area (Å²) in [4.78, 5) is 17.2. The summed E-state index contributed by atoms with van der Waals surface area (Å²) >= 11 is 0. The van der Waals surface area contributed by atoms with E-state index in [0.29, 0.717) is 6.42 Å². The molecule has 0 spiro atoms. The predicted octanol–water partition coefficient (Wildman–Crippen LogP) is 4.96. The van der Waals surface area contributed by atoms with Crippen LogP contribution in [0, 0.1) is 0 Å². The summed E-state index contributed by atoms with van der Waals surface area (Å²) in [5.41, 5.74) is 3.36. The number of methoxy groups -OCH3 is 1. The fraction of sp³-hybridized carbons (Fsp3) is 0.480. The van der Waals surface area contributed by atoms with Crippen molar-refractivity contribution in [3.63, 3.8) is 0 Å². The molecule has 1 saturated heterocycles. The maximum absolute atomic E-state index is 12.4. The fourth-order valence-corrected chi connectivity index (χ4v) is 3.85. The minimum absolute atomic E-state index is 0. The number of carbonyl (C=O) groups excluding carboxylic acids is 1. The molecule has 1 fully saturated rings. The third-order valence-electron chi connectivity index (χ3n) is 5.69. The average Bonchev–Trinajstić information content (AvgIpc) is 2.74. The molecule has 0 saturated carbocycles. The largest absolute Gasteiger partial charge is 0.495 e. The van der Waals surface area contributed by atoms with Crippen LogP contribution in [0.3, 0.4) is 0 Å². The van der Waals surface area contributed by atoms with Crippen molar-refractivity contribution in [2.75, 3.05) is 50.1 Å². The highest BCUT2D eigenvalue weighted by atomic mass is 35.5. The molecule has 2 aromatic carbocycles. The van der Waals surface area contributed by atoms with E-state index in [4.69, 9.17) is 4.74 Å². The standard InChI is InChI=1S/C25H35N3O2.ClH/c1-25(2,3)20-9-7-10-21(19-20)26-24(29)13-8-14-27-15-17-28(18-16-27)22-11-5-6-12-23(22)30-4;/h5-7,9-12,19H,8,13-18H2,1-4H3,(H,26,29);1H. The lowest BCUT2D eigenvalue weighted by Crippen LogP contribution is -2.46. The van der Waals surface area contributed by atoms with Gasteiger partial charge in [-0.3, -0.25) is 9.69 Å². The molecule has 1 amide bonds. The molecule has 1 heterocycles. The predicted molar refractivity (Wildman–Crippen MR) is 132 cm³/mol. The molecule has 0 aliphatic carbocycles. The van der Waals surface area contributed by atoms with Crippen molar-refractivity contribution in [2.24, 2.45) is 0 Å². The van der Waals surface area contributed by atoms with Crippen LogP contribution in [-0.2, 0) is 10.2 Å². The zero-order valence-electron chi connectivity index (χ0n) is 19.2. The van der Waals surface area contributed by atoms with E-state index in [9.17, 15) is 4.79 Å². The number of para-hydroxylation sites is 2. The molecule has 1 aliphatic rings. The number of benzene rings is 2. The first-order valence-corrected chi connectivity index (χ1v) is 10.9. The Labute approximate surface area is 193 Å². The smallest absolute Gasteiger partial charge is 0.224 e. The number of anilines is 2. The molecule has 1 N–H and O–H groups in total. The van der Waals surface area contributed by atoms with Crippen molar-refractivity contribution >= 4 is 29.7 Å². The number of rotatable bonds is 7. The Morgan fingerprint density at radius 2 is 1.74 bits per heavy atom. The van der Waals surface area contributed by atoms with Gasteiger partial charge in [-0.25, -0.2) is 0 Å². The Morgan fingerprint density at radius 3 is 2.42 bits per heavy atom. The first kappa shape index (κ1) is 25.0. The number of piperazine rings is 1. The summed E-state index contributed by atoms with van der Waals surface area (Å²) in [5.74, 6) is 1.02. The second-order valence-corrected chi connectivity index (χ2v) is 8.98. The maximum atomic E-state index is 12.4. The number of nitrogens with one attached hydrogen (secondary N) is 1. The molecular weight excluding hydrogens is 410 g/mol. The molecule has 1 aliphatic heterocycles. The van der Waals surface area contributed by atoms with Crippen molar-refractivity contribution in [2.45, 2.75) is 39.0 Å². The van der Waals surface area contributed by atoms with Gasteiger partial charge in [0.25, 0.3) is 0 Å². The van der Waals surface area contributed by atoms with Gasteiger partial charge >= 0.3 is 0 Å². The van der Waals surface area contributed by atoms with E-state index in [-0.39, 0.29) is 23.7 Å². The summed E-state index contributed by atoms with van der Waals surface area (Å²) in [6, 6.07) is 16.4. The molecule has 0 atom stereocenters. The van der Waals surface area contributed by atoms with Gasteiger partial charge in [0, 0.05) is 38.3 Å². The molecule has 170 valence electrons. The minimum atomic E-state index is 0. The number of carbonyl (C=O) groups is 1. The number of hydrogen-bond donors (Lipinski definition) is 1. The van der Waals surface area contributed by atoms with Crippen LogP contribution < -0.4 is 15.0 Å². The van der Waals surface area contributed by atoms with Crippen molar-refractivity contribution in [3.05, 3.63) is 54.1 Å². The zero-order valence-corrected chi connectivity index (χ0v) is 20.0. The molecule has 0 aromatic heterocycles. The maximum Gasteiger partial charge on any atom is 0.224 e. The lowest BCUT2D eigenvalue weighted by atomic mass is 9.87. The Hall–Kier alpha value is -2.24. The highest BCUT2D eigenvalue weighted by Gasteiger charge is 2.19. The Kier molecular flexibility index (Phi) is 9.20. The van der Waals surface area contributed by atoms with E-state index < -0.39 is 0 Å². The van der Waals surface area contributed by atoms with E-state index in [1.165, 1.54) is 5.56 Å². The summed E-state index contributed by atoms with van der Waals surface area (Å²) in [5, 5.41) is 3.05. The quantitative estimate of drug-likeness (QED) is 0.654. The summed E-state index contributed by atoms with van der Waals surface area (Å²) in [6.45, 7) is 11.5. The lowest BCUT2D eigenvalue weighted by molar-refractivity contribution is -0.116. The second-order valence-electron chi connectivity index (χ2n) is 8.98. The summed E-state index contributed by atoms with van der Waals surface area (Å²) in [6.07, 6.45) is 1.42. The topological polar surface area (TPSA) is 44.8 Å². The number of nitrogens with zero attached hydrogens (tertiary/aromatic N) is 2. The van der Waals surface area contributed by atoms with Crippen LogP contribution in [0.4, 0.5) is 11.4 Å². The van der Waals surface area contributed by atoms with Gasteiger partial charge in [0.2, 0.25) is 5.91 Å². The van der Waals surface area contributed by atoms with Gasteiger partial charge in [-0.15, -0.1) is 12.4 Å². The summed E-state index contributed by atoms with van der Waals surface area (Å²) < 4.78 is 5.49. The number of halogens is 1. The average molecular weight is 446 g/mol. The monoisotopic (exact) mass is 445 g/mol. The van der Waals surface area contributed by atoms with Gasteiger partial charge in [-0.2, -0.15) is 0 Å². The van der Waals surface area contributed by atoms with Crippen LogP contribution in [0.5, 0.6) is 5.75 Å². The highest BCUT2D eigenvalue weighted by Crippen LogP contribution is 2.28. The zero-order chi connectivity index (χ0) is 21.6. The Balaban J connectivity index is 0.00000341. The van der Waals surface area contributed by atoms with Crippen molar-refractivity contribution < 1.29 is 9.53 Å². The molecule has 6 heteroatoms.